The second-order valence-electron chi connectivity index (χ2n) is 6.78. The molecule has 0 N–H and O–H groups in total. The van der Waals surface area contributed by atoms with Crippen LogP contribution in [-0.4, -0.2) is 34.0 Å². The number of aryl methyl sites for hydroxylation is 1. The Hall–Kier alpha value is -2.24. The number of aromatic nitrogens is 2. The number of benzene rings is 1. The van der Waals surface area contributed by atoms with Crippen molar-refractivity contribution in [2.45, 2.75) is 38.0 Å². The van der Waals surface area contributed by atoms with E-state index >= 15 is 0 Å². The topological polar surface area (TPSA) is 59.2 Å². The summed E-state index contributed by atoms with van der Waals surface area (Å²) in [6, 6.07) is 6.51. The molecule has 2 aliphatic rings. The van der Waals surface area contributed by atoms with E-state index in [4.69, 9.17) is 4.52 Å². The molecule has 2 heterocycles. The van der Waals surface area contributed by atoms with Gasteiger partial charge >= 0.3 is 0 Å². The second kappa shape index (κ2) is 6.00. The van der Waals surface area contributed by atoms with Gasteiger partial charge in [-0.05, 0) is 49.8 Å². The normalized spacial score (nSPS) is 24.2. The van der Waals surface area contributed by atoms with Crippen LogP contribution in [0.4, 0.5) is 4.39 Å². The summed E-state index contributed by atoms with van der Waals surface area (Å²) in [5, 5.41) is 3.84. The first kappa shape index (κ1) is 15.3. The molecule has 1 saturated heterocycles. The van der Waals surface area contributed by atoms with Crippen molar-refractivity contribution in [2.24, 2.45) is 5.92 Å². The molecule has 4 rings (SSSR count). The highest BCUT2D eigenvalue weighted by Crippen LogP contribution is 2.48. The van der Waals surface area contributed by atoms with Crippen molar-refractivity contribution in [3.63, 3.8) is 0 Å². The van der Waals surface area contributed by atoms with Crippen LogP contribution in [0.2, 0.25) is 0 Å². The minimum atomic E-state index is -0.236. The van der Waals surface area contributed by atoms with Gasteiger partial charge in [-0.2, -0.15) is 4.98 Å². The van der Waals surface area contributed by atoms with Crippen molar-refractivity contribution in [3.05, 3.63) is 47.4 Å². The lowest BCUT2D eigenvalue weighted by atomic mass is 9.96. The molecule has 0 spiro atoms. The zero-order chi connectivity index (χ0) is 16.7. The van der Waals surface area contributed by atoms with Crippen LogP contribution < -0.4 is 0 Å². The average Bonchev–Trinajstić information content (AvgIpc) is 3.28. The van der Waals surface area contributed by atoms with Gasteiger partial charge in [0.25, 0.3) is 0 Å². The van der Waals surface area contributed by atoms with Gasteiger partial charge in [-0.15, -0.1) is 0 Å². The maximum absolute atomic E-state index is 13.0. The highest BCUT2D eigenvalue weighted by molar-refractivity contribution is 5.83. The van der Waals surface area contributed by atoms with Gasteiger partial charge in [-0.1, -0.05) is 17.3 Å². The summed E-state index contributed by atoms with van der Waals surface area (Å²) < 4.78 is 18.3. The highest BCUT2D eigenvalue weighted by Gasteiger charge is 2.46. The Labute approximate surface area is 139 Å². The molecule has 1 aliphatic carbocycles. The molecule has 126 valence electrons. The first-order chi connectivity index (χ1) is 11.6. The van der Waals surface area contributed by atoms with Crippen LogP contribution >= 0.6 is 0 Å². The molecule has 1 aromatic heterocycles. The first-order valence-corrected chi connectivity index (χ1v) is 8.46. The minimum absolute atomic E-state index is 0.0534. The van der Waals surface area contributed by atoms with Gasteiger partial charge < -0.3 is 9.42 Å². The Morgan fingerprint density at radius 1 is 1.25 bits per heavy atom. The number of nitrogens with zero attached hydrogens (tertiary/aromatic N) is 3. The number of halogens is 1. The Kier molecular flexibility index (Phi) is 3.82. The number of hydrogen-bond donors (Lipinski definition) is 0. The van der Waals surface area contributed by atoms with E-state index in [9.17, 15) is 9.18 Å². The zero-order valence-electron chi connectivity index (χ0n) is 13.6. The number of carbonyl (C=O) groups is 1. The van der Waals surface area contributed by atoms with Gasteiger partial charge in [-0.3, -0.25) is 4.79 Å². The van der Waals surface area contributed by atoms with E-state index in [0.717, 1.165) is 37.9 Å². The summed E-state index contributed by atoms with van der Waals surface area (Å²) in [5.41, 5.74) is 1.06. The maximum atomic E-state index is 13.0. The smallest absolute Gasteiger partial charge is 0.229 e. The third kappa shape index (κ3) is 2.92. The van der Waals surface area contributed by atoms with Gasteiger partial charge in [0.05, 0.1) is 0 Å². The van der Waals surface area contributed by atoms with Crippen molar-refractivity contribution >= 4 is 5.91 Å². The number of carbonyl (C=O) groups excluding carboxylic acids is 1. The van der Waals surface area contributed by atoms with Crippen molar-refractivity contribution in [2.75, 3.05) is 13.1 Å². The molecule has 0 bridgehead atoms. The molecule has 1 saturated carbocycles. The predicted octanol–water partition coefficient (Wildman–Crippen LogP) is 3.03. The maximum Gasteiger partial charge on any atom is 0.229 e. The standard InChI is InChI=1S/C18H20FN3O2/c1-11-20-17(24-21-11)13-6-8-22(9-7-13)18(23)16-10-15(16)12-2-4-14(19)5-3-12/h2-5,13,15-16H,6-10H2,1H3/t15-,16+/m0/s1. The van der Waals surface area contributed by atoms with Gasteiger partial charge in [0.15, 0.2) is 5.82 Å². The van der Waals surface area contributed by atoms with E-state index in [1.165, 1.54) is 12.1 Å². The summed E-state index contributed by atoms with van der Waals surface area (Å²) in [6.07, 6.45) is 2.59. The molecule has 1 aromatic carbocycles. The number of piperidine rings is 1. The van der Waals surface area contributed by atoms with Crippen LogP contribution in [0.25, 0.3) is 0 Å². The van der Waals surface area contributed by atoms with Crippen LogP contribution in [0.1, 0.15) is 48.4 Å². The molecule has 1 aliphatic heterocycles. The minimum Gasteiger partial charge on any atom is -0.342 e. The zero-order valence-corrected chi connectivity index (χ0v) is 13.6. The fourth-order valence-electron chi connectivity index (χ4n) is 3.61. The van der Waals surface area contributed by atoms with Gasteiger partial charge in [-0.25, -0.2) is 4.39 Å². The van der Waals surface area contributed by atoms with Crippen molar-refractivity contribution < 1.29 is 13.7 Å². The van der Waals surface area contributed by atoms with Crippen LogP contribution in [0.5, 0.6) is 0 Å². The molecular weight excluding hydrogens is 309 g/mol. The molecule has 0 unspecified atom stereocenters. The molecular formula is C18H20FN3O2. The van der Waals surface area contributed by atoms with Crippen molar-refractivity contribution in [1.29, 1.82) is 0 Å². The number of rotatable bonds is 3. The molecule has 1 amide bonds. The summed E-state index contributed by atoms with van der Waals surface area (Å²) in [7, 11) is 0. The summed E-state index contributed by atoms with van der Waals surface area (Å²) >= 11 is 0. The Bertz CT molecular complexity index is 735. The number of likely N-dealkylation sites (tertiary alicyclic amines) is 1. The summed E-state index contributed by atoms with van der Waals surface area (Å²) in [4.78, 5) is 18.9. The Morgan fingerprint density at radius 3 is 2.58 bits per heavy atom. The van der Waals surface area contributed by atoms with E-state index in [2.05, 4.69) is 10.1 Å². The van der Waals surface area contributed by atoms with E-state index in [1.54, 1.807) is 12.1 Å². The van der Waals surface area contributed by atoms with E-state index in [-0.39, 0.29) is 29.5 Å². The molecule has 2 aromatic rings. The number of hydrogen-bond acceptors (Lipinski definition) is 4. The highest BCUT2D eigenvalue weighted by atomic mass is 19.1. The second-order valence-corrected chi connectivity index (χ2v) is 6.78. The summed E-state index contributed by atoms with van der Waals surface area (Å²) in [5.74, 6) is 1.89. The quantitative estimate of drug-likeness (QED) is 0.868. The molecule has 6 heteroatoms. The third-order valence-corrected chi connectivity index (χ3v) is 5.10. The third-order valence-electron chi connectivity index (χ3n) is 5.10. The fraction of sp³-hybridized carbons (Fsp3) is 0.500. The lowest BCUT2D eigenvalue weighted by Crippen LogP contribution is -2.39. The fourth-order valence-corrected chi connectivity index (χ4v) is 3.61. The molecule has 24 heavy (non-hydrogen) atoms. The largest absolute Gasteiger partial charge is 0.342 e. The van der Waals surface area contributed by atoms with Gasteiger partial charge in [0.2, 0.25) is 11.8 Å². The van der Waals surface area contributed by atoms with Crippen molar-refractivity contribution in [3.8, 4) is 0 Å². The van der Waals surface area contributed by atoms with E-state index in [1.807, 2.05) is 11.8 Å². The van der Waals surface area contributed by atoms with Crippen LogP contribution in [0, 0.1) is 18.7 Å². The van der Waals surface area contributed by atoms with Crippen molar-refractivity contribution in [1.82, 2.24) is 15.0 Å². The van der Waals surface area contributed by atoms with E-state index in [0.29, 0.717) is 11.7 Å². The molecule has 2 atom stereocenters. The average molecular weight is 329 g/mol. The number of amides is 1. The molecule has 5 nitrogen and oxygen atoms in total. The Balaban J connectivity index is 1.33. The van der Waals surface area contributed by atoms with Crippen LogP contribution in [-0.2, 0) is 4.79 Å². The molecule has 0 radical (unpaired) electrons. The predicted molar refractivity (Wildman–Crippen MR) is 84.8 cm³/mol. The van der Waals surface area contributed by atoms with Crippen LogP contribution in [0.15, 0.2) is 28.8 Å². The SMILES string of the molecule is Cc1noc(C2CCN(C(=O)[C@@H]3C[C@H]3c3ccc(F)cc3)CC2)n1. The Morgan fingerprint density at radius 2 is 1.96 bits per heavy atom. The monoisotopic (exact) mass is 329 g/mol. The van der Waals surface area contributed by atoms with E-state index < -0.39 is 0 Å². The summed E-state index contributed by atoms with van der Waals surface area (Å²) in [6.45, 7) is 3.28. The lowest BCUT2D eigenvalue weighted by molar-refractivity contribution is -0.133. The molecule has 2 fully saturated rings. The van der Waals surface area contributed by atoms with Gasteiger partial charge in [0, 0.05) is 24.9 Å². The van der Waals surface area contributed by atoms with Crippen LogP contribution in [0.3, 0.4) is 0 Å². The van der Waals surface area contributed by atoms with Gasteiger partial charge in [0.1, 0.15) is 5.82 Å². The first-order valence-electron chi connectivity index (χ1n) is 8.46. The lowest BCUT2D eigenvalue weighted by Gasteiger charge is -2.30.